The summed E-state index contributed by atoms with van der Waals surface area (Å²) in [6.45, 7) is 8.81. The van der Waals surface area contributed by atoms with Gasteiger partial charge in [-0.1, -0.05) is 6.07 Å². The van der Waals surface area contributed by atoms with E-state index in [4.69, 9.17) is 13.9 Å². The number of aromatic nitrogens is 3. The number of nitrogens with one attached hydrogen (secondary N) is 1. The quantitative estimate of drug-likeness (QED) is 0.418. The van der Waals surface area contributed by atoms with Gasteiger partial charge in [-0.2, -0.15) is 5.10 Å². The summed E-state index contributed by atoms with van der Waals surface area (Å²) in [5, 5.41) is 7.28. The van der Waals surface area contributed by atoms with Crippen molar-refractivity contribution >= 4 is 22.5 Å². The number of ether oxygens (including phenoxy) is 2. The van der Waals surface area contributed by atoms with Gasteiger partial charge in [0.15, 0.2) is 17.1 Å². The SMILES string of the molecule is CCOc1ccc(CCNC(=O)[C@@H](C)n2nc(C)n3c(cc4occc43)c2=O)cc1OCC. The maximum atomic E-state index is 13.0. The molecule has 4 aromatic rings. The maximum absolute atomic E-state index is 13.0. The second kappa shape index (κ2) is 9.40. The lowest BCUT2D eigenvalue weighted by atomic mass is 10.1. The van der Waals surface area contributed by atoms with Crippen LogP contribution in [0.1, 0.15) is 38.2 Å². The van der Waals surface area contributed by atoms with Gasteiger partial charge in [-0.3, -0.25) is 14.0 Å². The Balaban J connectivity index is 1.46. The maximum Gasteiger partial charge on any atom is 0.291 e. The Bertz CT molecular complexity index is 1350. The minimum atomic E-state index is -0.762. The monoisotopic (exact) mass is 452 g/mol. The summed E-state index contributed by atoms with van der Waals surface area (Å²) in [5.41, 5.74) is 2.47. The van der Waals surface area contributed by atoms with Crippen molar-refractivity contribution in [3.05, 3.63) is 58.3 Å². The summed E-state index contributed by atoms with van der Waals surface area (Å²) >= 11 is 0. The molecule has 3 heterocycles. The van der Waals surface area contributed by atoms with E-state index in [-0.39, 0.29) is 11.5 Å². The molecule has 0 saturated heterocycles. The number of benzene rings is 1. The molecule has 0 radical (unpaired) electrons. The molecule has 0 aliphatic rings. The van der Waals surface area contributed by atoms with Gasteiger partial charge in [0.25, 0.3) is 5.56 Å². The molecule has 9 nitrogen and oxygen atoms in total. The number of furan rings is 1. The van der Waals surface area contributed by atoms with Crippen LogP contribution in [0.4, 0.5) is 0 Å². The average Bonchev–Trinajstić information content (AvgIpc) is 3.39. The lowest BCUT2D eigenvalue weighted by Crippen LogP contribution is -2.38. The highest BCUT2D eigenvalue weighted by Crippen LogP contribution is 2.28. The third-order valence-corrected chi connectivity index (χ3v) is 5.49. The van der Waals surface area contributed by atoms with Crippen LogP contribution >= 0.6 is 0 Å². The second-order valence-electron chi connectivity index (χ2n) is 7.70. The number of hydrogen-bond donors (Lipinski definition) is 1. The first-order valence-electron chi connectivity index (χ1n) is 11.1. The van der Waals surface area contributed by atoms with Gasteiger partial charge in [-0.05, 0) is 51.8 Å². The number of hydrogen-bond acceptors (Lipinski definition) is 6. The van der Waals surface area contributed by atoms with Crippen molar-refractivity contribution < 1.29 is 18.7 Å². The van der Waals surface area contributed by atoms with Gasteiger partial charge in [0.2, 0.25) is 5.91 Å². The predicted octanol–water partition coefficient (Wildman–Crippen LogP) is 3.27. The molecule has 9 heteroatoms. The van der Waals surface area contributed by atoms with Crippen LogP contribution < -0.4 is 20.3 Å². The van der Waals surface area contributed by atoms with E-state index in [2.05, 4.69) is 10.4 Å². The zero-order chi connectivity index (χ0) is 23.5. The van der Waals surface area contributed by atoms with Gasteiger partial charge < -0.3 is 19.2 Å². The van der Waals surface area contributed by atoms with Crippen LogP contribution in [-0.2, 0) is 11.2 Å². The van der Waals surface area contributed by atoms with Gasteiger partial charge in [-0.15, -0.1) is 0 Å². The zero-order valence-electron chi connectivity index (χ0n) is 19.3. The fourth-order valence-corrected chi connectivity index (χ4v) is 3.90. The highest BCUT2D eigenvalue weighted by atomic mass is 16.5. The Kier molecular flexibility index (Phi) is 6.39. The van der Waals surface area contributed by atoms with E-state index in [1.807, 2.05) is 32.0 Å². The van der Waals surface area contributed by atoms with Crippen molar-refractivity contribution in [2.24, 2.45) is 0 Å². The van der Waals surface area contributed by atoms with Crippen molar-refractivity contribution in [3.8, 4) is 11.5 Å². The number of amides is 1. The Morgan fingerprint density at radius 2 is 1.88 bits per heavy atom. The van der Waals surface area contributed by atoms with E-state index < -0.39 is 6.04 Å². The molecule has 174 valence electrons. The van der Waals surface area contributed by atoms with E-state index in [9.17, 15) is 9.59 Å². The molecular weight excluding hydrogens is 424 g/mol. The molecule has 0 fully saturated rings. The summed E-state index contributed by atoms with van der Waals surface area (Å²) in [6, 6.07) is 8.46. The lowest BCUT2D eigenvalue weighted by Gasteiger charge is -2.16. The molecule has 1 atom stereocenters. The number of fused-ring (bicyclic) bond motifs is 3. The molecule has 0 saturated carbocycles. The normalized spacial score (nSPS) is 12.2. The smallest absolute Gasteiger partial charge is 0.291 e. The standard InChI is InChI=1S/C24H28N4O5/c1-5-31-20-8-7-17(13-22(20)32-6-2)9-11-25-23(29)15(3)28-24(30)19-14-21-18(10-12-33-21)27(19)16(4)26-28/h7-8,10,12-15H,5-6,9,11H2,1-4H3,(H,25,29)/t15-/m1/s1. The summed E-state index contributed by atoms with van der Waals surface area (Å²) in [5.74, 6) is 1.71. The van der Waals surface area contributed by atoms with Crippen LogP contribution in [-0.4, -0.2) is 39.8 Å². The molecular formula is C24H28N4O5. The molecule has 0 aliphatic heterocycles. The van der Waals surface area contributed by atoms with Crippen LogP contribution in [0.15, 0.2) is 45.8 Å². The number of aryl methyl sites for hydroxylation is 1. The first kappa shape index (κ1) is 22.4. The molecule has 3 aromatic heterocycles. The number of nitrogens with zero attached hydrogens (tertiary/aromatic N) is 3. The Hall–Kier alpha value is -3.75. The average molecular weight is 453 g/mol. The molecule has 33 heavy (non-hydrogen) atoms. The van der Waals surface area contributed by atoms with Crippen molar-refractivity contribution in [2.75, 3.05) is 19.8 Å². The Labute approximate surface area is 190 Å². The van der Waals surface area contributed by atoms with Gasteiger partial charge in [0, 0.05) is 18.7 Å². The number of rotatable bonds is 9. The second-order valence-corrected chi connectivity index (χ2v) is 7.70. The molecule has 0 aliphatic carbocycles. The van der Waals surface area contributed by atoms with Crippen molar-refractivity contribution in [1.29, 1.82) is 0 Å². The first-order chi connectivity index (χ1) is 15.9. The third kappa shape index (κ3) is 4.30. The zero-order valence-corrected chi connectivity index (χ0v) is 19.3. The summed E-state index contributed by atoms with van der Waals surface area (Å²) in [7, 11) is 0. The minimum Gasteiger partial charge on any atom is -0.490 e. The van der Waals surface area contributed by atoms with Crippen molar-refractivity contribution in [1.82, 2.24) is 19.5 Å². The third-order valence-electron chi connectivity index (χ3n) is 5.49. The highest BCUT2D eigenvalue weighted by molar-refractivity contribution is 5.83. The fourth-order valence-electron chi connectivity index (χ4n) is 3.90. The fraction of sp³-hybridized carbons (Fsp3) is 0.375. The van der Waals surface area contributed by atoms with Gasteiger partial charge in [-0.25, -0.2) is 4.68 Å². The molecule has 0 spiro atoms. The van der Waals surface area contributed by atoms with Crippen LogP contribution in [0.5, 0.6) is 11.5 Å². The van der Waals surface area contributed by atoms with E-state index >= 15 is 0 Å². The van der Waals surface area contributed by atoms with Crippen LogP contribution in [0, 0.1) is 6.92 Å². The minimum absolute atomic E-state index is 0.278. The van der Waals surface area contributed by atoms with E-state index in [1.165, 1.54) is 4.68 Å². The number of carbonyl (C=O) groups excluding carboxylic acids is 1. The first-order valence-corrected chi connectivity index (χ1v) is 11.1. The molecule has 1 amide bonds. The topological polar surface area (TPSA) is 100 Å². The molecule has 4 rings (SSSR count). The summed E-state index contributed by atoms with van der Waals surface area (Å²) < 4.78 is 19.6. The molecule has 0 bridgehead atoms. The van der Waals surface area contributed by atoms with E-state index in [1.54, 1.807) is 36.6 Å². The van der Waals surface area contributed by atoms with Gasteiger partial charge in [0.1, 0.15) is 17.4 Å². The lowest BCUT2D eigenvalue weighted by molar-refractivity contribution is -0.124. The molecule has 1 aromatic carbocycles. The largest absolute Gasteiger partial charge is 0.490 e. The van der Waals surface area contributed by atoms with Crippen LogP contribution in [0.2, 0.25) is 0 Å². The van der Waals surface area contributed by atoms with Gasteiger partial charge >= 0.3 is 0 Å². The number of carbonyl (C=O) groups is 1. The summed E-state index contributed by atoms with van der Waals surface area (Å²) in [6.07, 6.45) is 2.18. The van der Waals surface area contributed by atoms with Crippen LogP contribution in [0.3, 0.4) is 0 Å². The van der Waals surface area contributed by atoms with E-state index in [0.717, 1.165) is 11.1 Å². The van der Waals surface area contributed by atoms with Crippen molar-refractivity contribution in [2.45, 2.75) is 40.2 Å². The molecule has 1 N–H and O–H groups in total. The highest BCUT2D eigenvalue weighted by Gasteiger charge is 2.21. The molecule has 0 unspecified atom stereocenters. The van der Waals surface area contributed by atoms with E-state index in [0.29, 0.717) is 54.6 Å². The predicted molar refractivity (Wildman–Crippen MR) is 124 cm³/mol. The Morgan fingerprint density at radius 1 is 1.12 bits per heavy atom. The van der Waals surface area contributed by atoms with Gasteiger partial charge in [0.05, 0.1) is 25.0 Å². The Morgan fingerprint density at radius 3 is 2.64 bits per heavy atom. The van der Waals surface area contributed by atoms with Crippen molar-refractivity contribution in [3.63, 3.8) is 0 Å². The summed E-state index contributed by atoms with van der Waals surface area (Å²) in [4.78, 5) is 25.8. The van der Waals surface area contributed by atoms with Crippen LogP contribution in [0.25, 0.3) is 16.6 Å².